The summed E-state index contributed by atoms with van der Waals surface area (Å²) in [6, 6.07) is 12.6. The molecule has 0 saturated carbocycles. The van der Waals surface area contributed by atoms with Crippen molar-refractivity contribution in [2.45, 2.75) is 6.42 Å². The van der Waals surface area contributed by atoms with Gasteiger partial charge in [-0.1, -0.05) is 35.3 Å². The fourth-order valence-corrected chi connectivity index (χ4v) is 2.43. The fourth-order valence-electron chi connectivity index (χ4n) is 1.96. The summed E-state index contributed by atoms with van der Waals surface area (Å²) in [5, 5.41) is 4.08. The molecule has 2 aromatic carbocycles. The Morgan fingerprint density at radius 3 is 2.64 bits per heavy atom. The third kappa shape index (κ3) is 7.17. The maximum atomic E-state index is 6.03. The van der Waals surface area contributed by atoms with Crippen molar-refractivity contribution in [1.29, 1.82) is 0 Å². The number of hydrogen-bond acceptors (Lipinski definition) is 3. The first-order valence-electron chi connectivity index (χ1n) is 7.38. The minimum atomic E-state index is 0. The highest BCUT2D eigenvalue weighted by Crippen LogP contribution is 2.27. The van der Waals surface area contributed by atoms with Crippen LogP contribution in [0.15, 0.2) is 47.5 Å². The third-order valence-corrected chi connectivity index (χ3v) is 3.64. The van der Waals surface area contributed by atoms with Crippen LogP contribution in [0.25, 0.3) is 0 Å². The number of nitrogens with two attached hydrogens (primary N) is 1. The largest absolute Gasteiger partial charge is 0.495 e. The minimum absolute atomic E-state index is 0. The van der Waals surface area contributed by atoms with Gasteiger partial charge in [-0.05, 0) is 30.3 Å². The molecule has 0 spiro atoms. The zero-order chi connectivity index (χ0) is 17.4. The quantitative estimate of drug-likeness (QED) is 0.250. The van der Waals surface area contributed by atoms with Crippen LogP contribution in [0.1, 0.15) is 6.42 Å². The maximum Gasteiger partial charge on any atom is 0.193 e. The van der Waals surface area contributed by atoms with E-state index in [1.807, 2.05) is 24.3 Å². The molecule has 0 unspecified atom stereocenters. The van der Waals surface area contributed by atoms with Crippen molar-refractivity contribution in [2.75, 3.05) is 25.6 Å². The summed E-state index contributed by atoms with van der Waals surface area (Å²) in [5.74, 6) is 1.63. The fraction of sp³-hybridized carbons (Fsp3) is 0.235. The van der Waals surface area contributed by atoms with Gasteiger partial charge in [-0.3, -0.25) is 4.99 Å². The van der Waals surface area contributed by atoms with Crippen molar-refractivity contribution < 1.29 is 9.47 Å². The van der Waals surface area contributed by atoms with Gasteiger partial charge >= 0.3 is 0 Å². The Labute approximate surface area is 174 Å². The van der Waals surface area contributed by atoms with Gasteiger partial charge in [0.25, 0.3) is 0 Å². The lowest BCUT2D eigenvalue weighted by atomic mass is 10.3. The molecule has 5 nitrogen and oxygen atoms in total. The number of benzene rings is 2. The first-order valence-corrected chi connectivity index (χ1v) is 8.13. The van der Waals surface area contributed by atoms with Gasteiger partial charge in [-0.25, -0.2) is 0 Å². The molecule has 2 rings (SSSR count). The molecule has 0 aliphatic heterocycles. The van der Waals surface area contributed by atoms with Gasteiger partial charge in [0.15, 0.2) is 5.96 Å². The molecule has 0 saturated heterocycles. The summed E-state index contributed by atoms with van der Waals surface area (Å²) in [4.78, 5) is 4.26. The van der Waals surface area contributed by atoms with Crippen molar-refractivity contribution in [3.63, 3.8) is 0 Å². The Hall–Kier alpha value is -1.38. The van der Waals surface area contributed by atoms with Crippen LogP contribution >= 0.6 is 47.2 Å². The van der Waals surface area contributed by atoms with Crippen LogP contribution < -0.4 is 20.5 Å². The maximum absolute atomic E-state index is 6.03. The SMILES string of the molecule is COc1ccccc1NC(N)=NCCCOc1ccc(Cl)cc1Cl.I. The molecule has 0 amide bonds. The van der Waals surface area contributed by atoms with E-state index in [1.165, 1.54) is 0 Å². The van der Waals surface area contributed by atoms with Gasteiger partial charge in [0.1, 0.15) is 11.5 Å². The first-order chi connectivity index (χ1) is 11.6. The molecule has 25 heavy (non-hydrogen) atoms. The minimum Gasteiger partial charge on any atom is -0.495 e. The number of nitrogens with zero attached hydrogens (tertiary/aromatic N) is 1. The second kappa shape index (κ2) is 11.3. The van der Waals surface area contributed by atoms with Gasteiger partial charge in [-0.15, -0.1) is 24.0 Å². The van der Waals surface area contributed by atoms with Gasteiger partial charge in [0.2, 0.25) is 0 Å². The number of methoxy groups -OCH3 is 1. The van der Waals surface area contributed by atoms with Crippen LogP contribution in [0.4, 0.5) is 5.69 Å². The second-order valence-corrected chi connectivity index (χ2v) is 5.71. The standard InChI is InChI=1S/C17H19Cl2N3O2.HI/c1-23-16-6-3-2-5-14(16)22-17(20)21-9-4-10-24-15-8-7-12(18)11-13(15)19;/h2-3,5-8,11H,4,9-10H2,1H3,(H3,20,21,22);1H. The Kier molecular flexibility index (Phi) is 9.77. The van der Waals surface area contributed by atoms with Crippen molar-refractivity contribution in [3.05, 3.63) is 52.5 Å². The predicted octanol–water partition coefficient (Wildman–Crippen LogP) is 4.82. The van der Waals surface area contributed by atoms with Crippen LogP contribution in [0.2, 0.25) is 10.0 Å². The summed E-state index contributed by atoms with van der Waals surface area (Å²) >= 11 is 11.9. The molecule has 0 aliphatic carbocycles. The van der Waals surface area contributed by atoms with E-state index < -0.39 is 0 Å². The van der Waals surface area contributed by atoms with Gasteiger partial charge in [0, 0.05) is 18.0 Å². The van der Waals surface area contributed by atoms with E-state index in [0.29, 0.717) is 47.1 Å². The normalized spacial score (nSPS) is 10.8. The lowest BCUT2D eigenvalue weighted by Crippen LogP contribution is -2.23. The lowest BCUT2D eigenvalue weighted by Gasteiger charge is -2.10. The number of nitrogens with one attached hydrogen (secondary N) is 1. The molecule has 0 bridgehead atoms. The molecule has 2 aromatic rings. The molecule has 0 aliphatic rings. The molecule has 0 heterocycles. The average molecular weight is 496 g/mol. The van der Waals surface area contributed by atoms with Crippen molar-refractivity contribution in [2.24, 2.45) is 10.7 Å². The van der Waals surface area contributed by atoms with E-state index in [0.717, 1.165) is 5.69 Å². The number of hydrogen-bond donors (Lipinski definition) is 2. The highest BCUT2D eigenvalue weighted by atomic mass is 127. The Bertz CT molecular complexity index is 714. The number of halogens is 3. The Morgan fingerprint density at radius 2 is 1.92 bits per heavy atom. The summed E-state index contributed by atoms with van der Waals surface area (Å²) in [5.41, 5.74) is 6.64. The number of rotatable bonds is 7. The molecule has 8 heteroatoms. The summed E-state index contributed by atoms with van der Waals surface area (Å²) in [7, 11) is 1.60. The molecule has 0 fully saturated rings. The van der Waals surface area contributed by atoms with E-state index in [4.69, 9.17) is 38.4 Å². The molecule has 3 N–H and O–H groups in total. The molecular weight excluding hydrogens is 476 g/mol. The summed E-state index contributed by atoms with van der Waals surface area (Å²) < 4.78 is 10.8. The van der Waals surface area contributed by atoms with E-state index in [2.05, 4.69) is 10.3 Å². The monoisotopic (exact) mass is 495 g/mol. The second-order valence-electron chi connectivity index (χ2n) is 4.87. The van der Waals surface area contributed by atoms with Gasteiger partial charge < -0.3 is 20.5 Å². The average Bonchev–Trinajstić information content (AvgIpc) is 2.57. The van der Waals surface area contributed by atoms with Crippen molar-refractivity contribution in [1.82, 2.24) is 0 Å². The number of ether oxygens (including phenoxy) is 2. The van der Waals surface area contributed by atoms with Crippen molar-refractivity contribution >= 4 is 58.8 Å². The van der Waals surface area contributed by atoms with E-state index >= 15 is 0 Å². The number of aliphatic imine (C=N–C) groups is 1. The van der Waals surface area contributed by atoms with Crippen LogP contribution in [-0.4, -0.2) is 26.2 Å². The lowest BCUT2D eigenvalue weighted by molar-refractivity contribution is 0.314. The molecular formula is C17H20Cl2IN3O2. The van der Waals surface area contributed by atoms with E-state index in [-0.39, 0.29) is 24.0 Å². The predicted molar refractivity (Wildman–Crippen MR) is 115 cm³/mol. The van der Waals surface area contributed by atoms with Crippen molar-refractivity contribution in [3.8, 4) is 11.5 Å². The number of para-hydroxylation sites is 2. The summed E-state index contributed by atoms with van der Waals surface area (Å²) in [6.45, 7) is 1.01. The number of anilines is 1. The zero-order valence-corrected chi connectivity index (χ0v) is 17.5. The van der Waals surface area contributed by atoms with E-state index in [9.17, 15) is 0 Å². The molecule has 0 radical (unpaired) electrons. The van der Waals surface area contributed by atoms with Crippen LogP contribution in [0.5, 0.6) is 11.5 Å². The molecule has 136 valence electrons. The smallest absolute Gasteiger partial charge is 0.193 e. The van der Waals surface area contributed by atoms with Gasteiger partial charge in [-0.2, -0.15) is 0 Å². The van der Waals surface area contributed by atoms with E-state index in [1.54, 1.807) is 25.3 Å². The zero-order valence-electron chi connectivity index (χ0n) is 13.7. The molecule has 0 aromatic heterocycles. The topological polar surface area (TPSA) is 68.9 Å². The van der Waals surface area contributed by atoms with Crippen LogP contribution in [0.3, 0.4) is 0 Å². The van der Waals surface area contributed by atoms with Gasteiger partial charge in [0.05, 0.1) is 24.4 Å². The highest BCUT2D eigenvalue weighted by molar-refractivity contribution is 14.0. The third-order valence-electron chi connectivity index (χ3n) is 3.11. The molecule has 0 atom stereocenters. The highest BCUT2D eigenvalue weighted by Gasteiger charge is 2.03. The first kappa shape index (κ1) is 21.7. The Balaban J connectivity index is 0.00000312. The van der Waals surface area contributed by atoms with Crippen LogP contribution in [-0.2, 0) is 0 Å². The number of guanidine groups is 1. The summed E-state index contributed by atoms with van der Waals surface area (Å²) in [6.07, 6.45) is 0.702. The Morgan fingerprint density at radius 1 is 1.16 bits per heavy atom. The van der Waals surface area contributed by atoms with Crippen LogP contribution in [0, 0.1) is 0 Å².